The molecule has 1 aliphatic heterocycles. The highest BCUT2D eigenvalue weighted by Crippen LogP contribution is 2.40. The predicted octanol–water partition coefficient (Wildman–Crippen LogP) is 4.30. The molecule has 1 heterocycles. The third-order valence-corrected chi connectivity index (χ3v) is 10.8. The second-order valence-electron chi connectivity index (χ2n) is 6.55. The lowest BCUT2D eigenvalue weighted by atomic mass is 10.2. The molecule has 0 aromatic heterocycles. The van der Waals surface area contributed by atoms with Crippen molar-refractivity contribution in [2.24, 2.45) is 0 Å². The topological polar surface area (TPSA) is 26.3 Å². The van der Waals surface area contributed by atoms with Gasteiger partial charge in [0.15, 0.2) is 0 Å². The van der Waals surface area contributed by atoms with Gasteiger partial charge in [-0.15, -0.1) is 11.5 Å². The zero-order valence-electron chi connectivity index (χ0n) is 13.2. The van der Waals surface area contributed by atoms with Crippen LogP contribution in [0.5, 0.6) is 0 Å². The smallest absolute Gasteiger partial charge is 0.306 e. The van der Waals surface area contributed by atoms with E-state index in [2.05, 4.69) is 53.0 Å². The van der Waals surface area contributed by atoms with E-state index in [4.69, 9.17) is 4.74 Å². The maximum atomic E-state index is 11.1. The van der Waals surface area contributed by atoms with E-state index in [-0.39, 0.29) is 12.1 Å². The summed E-state index contributed by atoms with van der Waals surface area (Å²) in [6.07, 6.45) is 2.16. The second-order valence-corrected chi connectivity index (χ2v) is 12.1. The fraction of sp³-hybridized carbons (Fsp3) is 0.812. The van der Waals surface area contributed by atoms with Gasteiger partial charge in [-0.25, -0.2) is 0 Å². The highest BCUT2D eigenvalue weighted by atomic mass is 28.3. The van der Waals surface area contributed by atoms with Crippen LogP contribution in [0.3, 0.4) is 0 Å². The van der Waals surface area contributed by atoms with Crippen molar-refractivity contribution in [1.29, 1.82) is 0 Å². The number of ether oxygens (including phenoxy) is 1. The molecular weight excluding hydrogens is 252 g/mol. The summed E-state index contributed by atoms with van der Waals surface area (Å²) in [5.41, 5.74) is 5.65. The Kier molecular flexibility index (Phi) is 5.67. The molecule has 0 amide bonds. The molecule has 1 unspecified atom stereocenters. The van der Waals surface area contributed by atoms with Gasteiger partial charge in [0.1, 0.15) is 14.2 Å². The molecule has 3 heteroatoms. The fourth-order valence-corrected chi connectivity index (χ4v) is 8.75. The summed E-state index contributed by atoms with van der Waals surface area (Å²) in [5.74, 6) is 3.30. The molecule has 0 aromatic carbocycles. The van der Waals surface area contributed by atoms with Crippen LogP contribution in [0.4, 0.5) is 0 Å². The molecule has 1 fully saturated rings. The average molecular weight is 280 g/mol. The first-order valence-electron chi connectivity index (χ1n) is 7.50. The Hall–Kier alpha value is -0.753. The van der Waals surface area contributed by atoms with Gasteiger partial charge in [-0.3, -0.25) is 4.79 Å². The minimum absolute atomic E-state index is 0.0400. The molecule has 2 nitrogen and oxygen atoms in total. The number of hydrogen-bond donors (Lipinski definition) is 0. The van der Waals surface area contributed by atoms with E-state index in [1.54, 1.807) is 0 Å². The summed E-state index contributed by atoms with van der Waals surface area (Å²) in [6.45, 7) is 13.9. The Morgan fingerprint density at radius 2 is 1.68 bits per heavy atom. The highest BCUT2D eigenvalue weighted by molar-refractivity contribution is 6.90. The van der Waals surface area contributed by atoms with Crippen molar-refractivity contribution in [2.75, 3.05) is 0 Å². The van der Waals surface area contributed by atoms with Crippen LogP contribution in [0, 0.1) is 11.5 Å². The molecule has 0 saturated carbocycles. The van der Waals surface area contributed by atoms with Gasteiger partial charge < -0.3 is 4.74 Å². The third kappa shape index (κ3) is 3.63. The molecular formula is C16H28O2Si. The first-order chi connectivity index (χ1) is 8.80. The lowest BCUT2D eigenvalue weighted by molar-refractivity contribution is -0.141. The van der Waals surface area contributed by atoms with Crippen LogP contribution in [-0.4, -0.2) is 20.1 Å². The number of esters is 1. The molecule has 0 N–H and O–H groups in total. The molecule has 108 valence electrons. The first kappa shape index (κ1) is 16.3. The van der Waals surface area contributed by atoms with Crippen molar-refractivity contribution in [3.63, 3.8) is 0 Å². The Bertz CT molecular complexity index is 352. The Morgan fingerprint density at radius 3 is 2.05 bits per heavy atom. The van der Waals surface area contributed by atoms with Gasteiger partial charge in [-0.1, -0.05) is 41.5 Å². The van der Waals surface area contributed by atoms with E-state index >= 15 is 0 Å². The number of hydrogen-bond acceptors (Lipinski definition) is 2. The van der Waals surface area contributed by atoms with Crippen LogP contribution in [0.2, 0.25) is 16.6 Å². The summed E-state index contributed by atoms with van der Waals surface area (Å²) in [7, 11) is -1.62. The van der Waals surface area contributed by atoms with Crippen molar-refractivity contribution < 1.29 is 9.53 Å². The minimum Gasteiger partial charge on any atom is -0.461 e. The Labute approximate surface area is 119 Å². The van der Waals surface area contributed by atoms with Crippen LogP contribution in [0.1, 0.15) is 60.8 Å². The summed E-state index contributed by atoms with van der Waals surface area (Å²) < 4.78 is 5.23. The molecule has 1 saturated heterocycles. The largest absolute Gasteiger partial charge is 0.461 e. The molecule has 1 atom stereocenters. The number of rotatable bonds is 4. The lowest BCUT2D eigenvalue weighted by Gasteiger charge is -2.38. The zero-order valence-corrected chi connectivity index (χ0v) is 14.2. The molecule has 0 bridgehead atoms. The van der Waals surface area contributed by atoms with E-state index in [9.17, 15) is 4.79 Å². The van der Waals surface area contributed by atoms with E-state index in [0.29, 0.717) is 29.5 Å². The Balaban J connectivity index is 2.81. The SMILES string of the molecule is CC(C)[Si](C#CCC1CCC(=O)O1)(C(C)C)C(C)C. The van der Waals surface area contributed by atoms with Gasteiger partial charge in [-0.2, -0.15) is 0 Å². The molecule has 0 radical (unpaired) electrons. The van der Waals surface area contributed by atoms with Gasteiger partial charge in [-0.05, 0) is 23.0 Å². The number of carbonyl (C=O) groups excluding carboxylic acids is 1. The fourth-order valence-electron chi connectivity index (χ4n) is 3.48. The first-order valence-corrected chi connectivity index (χ1v) is 9.73. The van der Waals surface area contributed by atoms with Crippen molar-refractivity contribution in [3.05, 3.63) is 0 Å². The number of carbonyl (C=O) groups is 1. The van der Waals surface area contributed by atoms with Crippen LogP contribution < -0.4 is 0 Å². The quantitative estimate of drug-likeness (QED) is 0.436. The minimum atomic E-state index is -1.62. The van der Waals surface area contributed by atoms with Crippen LogP contribution in [0.15, 0.2) is 0 Å². The summed E-state index contributed by atoms with van der Waals surface area (Å²) in [4.78, 5) is 11.1. The van der Waals surface area contributed by atoms with Crippen molar-refractivity contribution in [3.8, 4) is 11.5 Å². The third-order valence-electron chi connectivity index (χ3n) is 4.47. The summed E-state index contributed by atoms with van der Waals surface area (Å²) >= 11 is 0. The summed E-state index contributed by atoms with van der Waals surface area (Å²) in [6, 6.07) is 0. The molecule has 0 aliphatic carbocycles. The van der Waals surface area contributed by atoms with Crippen LogP contribution >= 0.6 is 0 Å². The number of cyclic esters (lactones) is 1. The van der Waals surface area contributed by atoms with E-state index in [1.807, 2.05) is 0 Å². The van der Waals surface area contributed by atoms with Gasteiger partial charge >= 0.3 is 5.97 Å². The monoisotopic (exact) mass is 280 g/mol. The van der Waals surface area contributed by atoms with E-state index in [1.165, 1.54) is 0 Å². The standard InChI is InChI=1S/C16H28O2Si/c1-12(2)19(13(3)4,14(5)6)11-7-8-15-9-10-16(17)18-15/h12-15H,8-10H2,1-6H3. The molecule has 0 spiro atoms. The van der Waals surface area contributed by atoms with Crippen LogP contribution in [0.25, 0.3) is 0 Å². The second kappa shape index (κ2) is 6.61. The zero-order chi connectivity index (χ0) is 14.6. The van der Waals surface area contributed by atoms with Gasteiger partial charge in [0.05, 0.1) is 0 Å². The average Bonchev–Trinajstić information content (AvgIpc) is 2.68. The van der Waals surface area contributed by atoms with Gasteiger partial charge in [0.2, 0.25) is 0 Å². The normalized spacial score (nSPS) is 19.8. The highest BCUT2D eigenvalue weighted by Gasteiger charge is 2.41. The molecule has 0 aromatic rings. The maximum Gasteiger partial charge on any atom is 0.306 e. The van der Waals surface area contributed by atoms with Crippen LogP contribution in [-0.2, 0) is 9.53 Å². The van der Waals surface area contributed by atoms with E-state index < -0.39 is 8.07 Å². The van der Waals surface area contributed by atoms with Crippen molar-refractivity contribution >= 4 is 14.0 Å². The predicted molar refractivity (Wildman–Crippen MR) is 82.6 cm³/mol. The lowest BCUT2D eigenvalue weighted by Crippen LogP contribution is -2.43. The van der Waals surface area contributed by atoms with E-state index in [0.717, 1.165) is 6.42 Å². The van der Waals surface area contributed by atoms with Gasteiger partial charge in [0.25, 0.3) is 0 Å². The maximum absolute atomic E-state index is 11.1. The molecule has 1 aliphatic rings. The van der Waals surface area contributed by atoms with Gasteiger partial charge in [0, 0.05) is 12.8 Å². The molecule has 19 heavy (non-hydrogen) atoms. The Morgan fingerprint density at radius 1 is 1.16 bits per heavy atom. The van der Waals surface area contributed by atoms with Crippen molar-refractivity contribution in [1.82, 2.24) is 0 Å². The summed E-state index contributed by atoms with van der Waals surface area (Å²) in [5, 5.41) is 0. The molecule has 1 rings (SSSR count). The van der Waals surface area contributed by atoms with Crippen molar-refractivity contribution in [2.45, 2.75) is 83.5 Å².